The summed E-state index contributed by atoms with van der Waals surface area (Å²) in [6.45, 7) is 8.54. The lowest BCUT2D eigenvalue weighted by Gasteiger charge is -2.00. The van der Waals surface area contributed by atoms with Gasteiger partial charge in [0.25, 0.3) is 0 Å². The van der Waals surface area contributed by atoms with Crippen LogP contribution < -0.4 is 0 Å². The Morgan fingerprint density at radius 3 is 0.975 bits per heavy atom. The monoisotopic (exact) mass is 560 g/mol. The average Bonchev–Trinajstić information content (AvgIpc) is 2.93. The highest BCUT2D eigenvalue weighted by Crippen LogP contribution is 2.06. The number of hydrogen-bond acceptors (Lipinski definition) is 4. The lowest BCUT2D eigenvalue weighted by atomic mass is 10.1. The molecule has 4 heteroatoms. The molecule has 0 heterocycles. The van der Waals surface area contributed by atoms with Crippen LogP contribution >= 0.6 is 0 Å². The first-order chi connectivity index (χ1) is 19.5. The van der Waals surface area contributed by atoms with Gasteiger partial charge in [-0.2, -0.15) is 0 Å². The Morgan fingerprint density at radius 1 is 0.400 bits per heavy atom. The average molecular weight is 561 g/mol. The summed E-state index contributed by atoms with van der Waals surface area (Å²) in [5.41, 5.74) is 0. The Kier molecular flexibility index (Phi) is 36.9. The first kappa shape index (κ1) is 40.0. The molecule has 0 aromatic heterocycles. The van der Waals surface area contributed by atoms with Crippen molar-refractivity contribution in [2.45, 2.75) is 156 Å². The molecule has 0 saturated carbocycles. The standard InChI is InChI=1S/2C18H32O2/c2*1-3-4-5-6-7-8-9-10-11-12-13-14-15-16-17-20-18(2)19/h2*6-7,10-11H,3-5,8-9,12-17H2,1-2H3/b7-6+,11-10-;7-6-,11-10-. The number of carbonyl (C=O) groups excluding carboxylic acids is 2. The van der Waals surface area contributed by atoms with Crippen LogP contribution in [0.3, 0.4) is 0 Å². The molecule has 0 aliphatic carbocycles. The van der Waals surface area contributed by atoms with E-state index >= 15 is 0 Å². The summed E-state index contributed by atoms with van der Waals surface area (Å²) in [7, 11) is 0. The Labute approximate surface area is 248 Å². The van der Waals surface area contributed by atoms with Crippen LogP contribution in [0.2, 0.25) is 0 Å². The predicted octanol–water partition coefficient (Wildman–Crippen LogP) is 11.2. The topological polar surface area (TPSA) is 52.6 Å². The zero-order valence-corrected chi connectivity index (χ0v) is 26.8. The van der Waals surface area contributed by atoms with Crippen LogP contribution in [0, 0.1) is 0 Å². The van der Waals surface area contributed by atoms with Crippen molar-refractivity contribution in [3.63, 3.8) is 0 Å². The van der Waals surface area contributed by atoms with E-state index in [1.807, 2.05) is 0 Å². The second-order valence-electron chi connectivity index (χ2n) is 10.4. The maximum atomic E-state index is 10.5. The fourth-order valence-electron chi connectivity index (χ4n) is 3.84. The second kappa shape index (κ2) is 36.9. The Balaban J connectivity index is 0. The molecule has 0 aliphatic heterocycles. The van der Waals surface area contributed by atoms with Crippen molar-refractivity contribution in [1.29, 1.82) is 0 Å². The van der Waals surface area contributed by atoms with E-state index in [0.29, 0.717) is 13.2 Å². The number of rotatable bonds is 26. The molecule has 0 spiro atoms. The summed E-state index contributed by atoms with van der Waals surface area (Å²) >= 11 is 0. The van der Waals surface area contributed by atoms with Gasteiger partial charge in [0.05, 0.1) is 13.2 Å². The number of ether oxygens (including phenoxy) is 2. The van der Waals surface area contributed by atoms with Gasteiger partial charge in [-0.1, -0.05) is 114 Å². The number of unbranched alkanes of at least 4 members (excludes halogenated alkanes) is 14. The second-order valence-corrected chi connectivity index (χ2v) is 10.4. The van der Waals surface area contributed by atoms with Crippen molar-refractivity contribution in [3.8, 4) is 0 Å². The molecule has 4 nitrogen and oxygen atoms in total. The van der Waals surface area contributed by atoms with Crippen molar-refractivity contribution >= 4 is 11.9 Å². The van der Waals surface area contributed by atoms with E-state index in [4.69, 9.17) is 9.47 Å². The van der Waals surface area contributed by atoms with Gasteiger partial charge >= 0.3 is 11.9 Å². The zero-order valence-electron chi connectivity index (χ0n) is 26.8. The Hall–Kier alpha value is -2.10. The highest BCUT2D eigenvalue weighted by atomic mass is 16.5. The largest absolute Gasteiger partial charge is 0.466 e. The van der Waals surface area contributed by atoms with Crippen molar-refractivity contribution < 1.29 is 19.1 Å². The van der Waals surface area contributed by atoms with E-state index in [2.05, 4.69) is 62.5 Å². The molecular formula is C36H64O4. The maximum absolute atomic E-state index is 10.5. The van der Waals surface area contributed by atoms with Crippen LogP contribution in [0.25, 0.3) is 0 Å². The van der Waals surface area contributed by atoms with Gasteiger partial charge in [-0.25, -0.2) is 0 Å². The minimum Gasteiger partial charge on any atom is -0.466 e. The summed E-state index contributed by atoms with van der Waals surface area (Å²) in [6.07, 6.45) is 42.3. The van der Waals surface area contributed by atoms with E-state index < -0.39 is 0 Å². The molecule has 0 amide bonds. The summed E-state index contributed by atoms with van der Waals surface area (Å²) in [4.78, 5) is 21.1. The third kappa shape index (κ3) is 43.0. The molecule has 0 radical (unpaired) electrons. The summed E-state index contributed by atoms with van der Waals surface area (Å²) in [6, 6.07) is 0. The molecule has 232 valence electrons. The first-order valence-corrected chi connectivity index (χ1v) is 16.4. The van der Waals surface area contributed by atoms with Crippen molar-refractivity contribution in [3.05, 3.63) is 48.6 Å². The molecule has 0 aromatic carbocycles. The number of hydrogen-bond donors (Lipinski definition) is 0. The normalized spacial score (nSPS) is 11.5. The molecule has 0 rings (SSSR count). The minimum absolute atomic E-state index is 0.170. The van der Waals surface area contributed by atoms with Gasteiger partial charge in [-0.3, -0.25) is 9.59 Å². The Bertz CT molecular complexity index is 589. The molecule has 0 saturated heterocycles. The molecule has 0 aromatic rings. The van der Waals surface area contributed by atoms with Gasteiger partial charge in [-0.15, -0.1) is 0 Å². The van der Waals surface area contributed by atoms with Gasteiger partial charge < -0.3 is 9.47 Å². The molecule has 0 N–H and O–H groups in total. The number of esters is 2. The van der Waals surface area contributed by atoms with Crippen LogP contribution in [-0.4, -0.2) is 25.2 Å². The Morgan fingerprint density at radius 2 is 0.675 bits per heavy atom. The molecule has 0 bridgehead atoms. The lowest BCUT2D eigenvalue weighted by molar-refractivity contribution is -0.142. The predicted molar refractivity (Wildman–Crippen MR) is 174 cm³/mol. The molecule has 40 heavy (non-hydrogen) atoms. The lowest BCUT2D eigenvalue weighted by Crippen LogP contribution is -1.99. The van der Waals surface area contributed by atoms with E-state index in [-0.39, 0.29) is 11.9 Å². The van der Waals surface area contributed by atoms with Gasteiger partial charge in [0.2, 0.25) is 0 Å². The third-order valence-corrected chi connectivity index (χ3v) is 6.26. The van der Waals surface area contributed by atoms with Crippen LogP contribution in [0.15, 0.2) is 48.6 Å². The van der Waals surface area contributed by atoms with Crippen LogP contribution in [-0.2, 0) is 19.1 Å². The van der Waals surface area contributed by atoms with E-state index in [1.54, 1.807) is 0 Å². The smallest absolute Gasteiger partial charge is 0.302 e. The molecule has 0 fully saturated rings. The minimum atomic E-state index is -0.170. The number of allylic oxidation sites excluding steroid dienone is 8. The molecule has 0 aliphatic rings. The van der Waals surface area contributed by atoms with Crippen LogP contribution in [0.5, 0.6) is 0 Å². The maximum Gasteiger partial charge on any atom is 0.302 e. The fourth-order valence-corrected chi connectivity index (χ4v) is 3.84. The van der Waals surface area contributed by atoms with E-state index in [9.17, 15) is 9.59 Å². The zero-order chi connectivity index (χ0) is 29.8. The first-order valence-electron chi connectivity index (χ1n) is 16.4. The van der Waals surface area contributed by atoms with Gasteiger partial charge in [0, 0.05) is 13.8 Å². The van der Waals surface area contributed by atoms with Gasteiger partial charge in [-0.05, 0) is 77.0 Å². The summed E-state index contributed by atoms with van der Waals surface area (Å²) in [5, 5.41) is 0. The third-order valence-electron chi connectivity index (χ3n) is 6.26. The van der Waals surface area contributed by atoms with E-state index in [0.717, 1.165) is 38.5 Å². The van der Waals surface area contributed by atoms with Crippen LogP contribution in [0.1, 0.15) is 156 Å². The fraction of sp³-hybridized carbons (Fsp3) is 0.722. The number of carbonyl (C=O) groups is 2. The SMILES string of the molecule is CCCC/C=C/CC/C=C\CCCCCCOC(C)=O.CCCC/C=C\CC/C=C\CCCCCCOC(C)=O. The molecule has 0 atom stereocenters. The molecule has 0 unspecified atom stereocenters. The van der Waals surface area contributed by atoms with Crippen molar-refractivity contribution in [2.75, 3.05) is 13.2 Å². The molecular weight excluding hydrogens is 496 g/mol. The quantitative estimate of drug-likeness (QED) is 0.0599. The van der Waals surface area contributed by atoms with Gasteiger partial charge in [0.1, 0.15) is 0 Å². The summed E-state index contributed by atoms with van der Waals surface area (Å²) in [5.74, 6) is -0.339. The van der Waals surface area contributed by atoms with Crippen molar-refractivity contribution in [2.24, 2.45) is 0 Å². The van der Waals surface area contributed by atoms with Crippen molar-refractivity contribution in [1.82, 2.24) is 0 Å². The van der Waals surface area contributed by atoms with Crippen LogP contribution in [0.4, 0.5) is 0 Å². The highest BCUT2D eigenvalue weighted by Gasteiger charge is 1.94. The summed E-state index contributed by atoms with van der Waals surface area (Å²) < 4.78 is 9.78. The van der Waals surface area contributed by atoms with Gasteiger partial charge in [0.15, 0.2) is 0 Å². The van der Waals surface area contributed by atoms with E-state index in [1.165, 1.54) is 104 Å². The highest BCUT2D eigenvalue weighted by molar-refractivity contribution is 5.66.